The van der Waals surface area contributed by atoms with E-state index in [0.29, 0.717) is 5.92 Å². The molecule has 2 heterocycles. The Balaban J connectivity index is 2.52. The van der Waals surface area contributed by atoms with Crippen molar-refractivity contribution in [1.29, 1.82) is 0 Å². The lowest BCUT2D eigenvalue weighted by molar-refractivity contribution is 0.999. The van der Waals surface area contributed by atoms with Crippen molar-refractivity contribution in [2.45, 2.75) is 6.92 Å². The van der Waals surface area contributed by atoms with Gasteiger partial charge < -0.3 is 4.98 Å². The number of nitrogens with zero attached hydrogens (tertiary/aromatic N) is 1. The molecule has 0 saturated heterocycles. The summed E-state index contributed by atoms with van der Waals surface area (Å²) >= 11 is 0. The Hall–Kier alpha value is -1.83. The van der Waals surface area contributed by atoms with E-state index < -0.39 is 0 Å². The van der Waals surface area contributed by atoms with E-state index in [2.05, 4.69) is 47.3 Å². The van der Waals surface area contributed by atoms with Crippen molar-refractivity contribution in [2.75, 3.05) is 0 Å². The van der Waals surface area contributed by atoms with Crippen LogP contribution < -0.4 is 10.6 Å². The van der Waals surface area contributed by atoms with Crippen LogP contribution in [-0.2, 0) is 0 Å². The molecule has 1 unspecified atom stereocenters. The van der Waals surface area contributed by atoms with Crippen molar-refractivity contribution in [2.24, 2.45) is 5.92 Å². The Bertz CT molecular complexity index is 647. The summed E-state index contributed by atoms with van der Waals surface area (Å²) < 4.78 is 0. The molecule has 1 N–H and O–H groups in total. The second-order valence-electron chi connectivity index (χ2n) is 3.95. The van der Waals surface area contributed by atoms with Crippen LogP contribution >= 0.6 is 0 Å². The van der Waals surface area contributed by atoms with Crippen molar-refractivity contribution >= 4 is 23.1 Å². The fourth-order valence-corrected chi connectivity index (χ4v) is 2.04. The van der Waals surface area contributed by atoms with Crippen LogP contribution in [0, 0.1) is 5.92 Å². The normalized spacial score (nSPS) is 19.1. The number of fused-ring (bicyclic) bond motifs is 3. The molecule has 15 heavy (non-hydrogen) atoms. The van der Waals surface area contributed by atoms with Gasteiger partial charge in [-0.25, -0.2) is 0 Å². The summed E-state index contributed by atoms with van der Waals surface area (Å²) in [6.45, 7) is 2.19. The molecule has 0 radical (unpaired) electrons. The molecule has 2 nitrogen and oxygen atoms in total. The smallest absolute Gasteiger partial charge is 0.0651 e. The number of aromatic nitrogens is 2. The first-order valence-corrected chi connectivity index (χ1v) is 5.17. The summed E-state index contributed by atoms with van der Waals surface area (Å²) in [7, 11) is 0. The first-order valence-electron chi connectivity index (χ1n) is 5.17. The van der Waals surface area contributed by atoms with Crippen LogP contribution in [0.4, 0.5) is 0 Å². The summed E-state index contributed by atoms with van der Waals surface area (Å²) in [5, 5.41) is 3.73. The Kier molecular flexibility index (Phi) is 1.75. The third-order valence-electron chi connectivity index (χ3n) is 2.78. The summed E-state index contributed by atoms with van der Waals surface area (Å²) in [6, 6.07) is 2.06. The van der Waals surface area contributed by atoms with Gasteiger partial charge in [0.1, 0.15) is 0 Å². The van der Waals surface area contributed by atoms with Crippen LogP contribution in [0.3, 0.4) is 0 Å². The number of aromatic amines is 1. The molecule has 2 aromatic heterocycles. The van der Waals surface area contributed by atoms with Crippen LogP contribution in [0.1, 0.15) is 6.92 Å². The van der Waals surface area contributed by atoms with Crippen molar-refractivity contribution in [3.8, 4) is 0 Å². The van der Waals surface area contributed by atoms with E-state index in [0.717, 1.165) is 5.52 Å². The minimum Gasteiger partial charge on any atom is -0.353 e. The highest BCUT2D eigenvalue weighted by molar-refractivity contribution is 5.80. The summed E-state index contributed by atoms with van der Waals surface area (Å²) in [4.78, 5) is 7.50. The summed E-state index contributed by atoms with van der Waals surface area (Å²) in [5.74, 6) is 0.481. The van der Waals surface area contributed by atoms with Gasteiger partial charge >= 0.3 is 0 Å². The minimum absolute atomic E-state index is 0.481. The Morgan fingerprint density at radius 1 is 1.40 bits per heavy atom. The van der Waals surface area contributed by atoms with Gasteiger partial charge in [0.2, 0.25) is 0 Å². The highest BCUT2D eigenvalue weighted by Crippen LogP contribution is 2.06. The highest BCUT2D eigenvalue weighted by Gasteiger charge is 2.02. The van der Waals surface area contributed by atoms with E-state index >= 15 is 0 Å². The number of pyridine rings is 1. The molecule has 1 aliphatic rings. The molecule has 1 atom stereocenters. The molecule has 0 fully saturated rings. The first-order chi connectivity index (χ1) is 7.34. The summed E-state index contributed by atoms with van der Waals surface area (Å²) in [5.41, 5.74) is 1.11. The van der Waals surface area contributed by atoms with Crippen molar-refractivity contribution in [3.05, 3.63) is 41.2 Å². The second kappa shape index (κ2) is 3.09. The maximum atomic E-state index is 4.12. The van der Waals surface area contributed by atoms with Crippen LogP contribution in [0.5, 0.6) is 0 Å². The summed E-state index contributed by atoms with van der Waals surface area (Å²) in [6.07, 6.45) is 12.4. The molecule has 0 bridgehead atoms. The van der Waals surface area contributed by atoms with Crippen LogP contribution in [-0.4, -0.2) is 9.97 Å². The molecule has 0 aromatic carbocycles. The zero-order valence-electron chi connectivity index (χ0n) is 8.57. The average Bonchev–Trinajstić information content (AvgIpc) is 2.47. The van der Waals surface area contributed by atoms with E-state index in [9.17, 15) is 0 Å². The van der Waals surface area contributed by atoms with Gasteiger partial charge in [-0.05, 0) is 18.1 Å². The second-order valence-corrected chi connectivity index (χ2v) is 3.95. The number of H-pyrrole nitrogens is 1. The Morgan fingerprint density at radius 2 is 2.33 bits per heavy atom. The van der Waals surface area contributed by atoms with Crippen LogP contribution in [0.25, 0.3) is 23.1 Å². The third-order valence-corrected chi connectivity index (χ3v) is 2.78. The van der Waals surface area contributed by atoms with Gasteiger partial charge in [0.25, 0.3) is 0 Å². The zero-order valence-corrected chi connectivity index (χ0v) is 8.57. The SMILES string of the molecule is CC1C=CC=c2[nH]c3cnccc3c2=C1. The van der Waals surface area contributed by atoms with Gasteiger partial charge in [-0.2, -0.15) is 0 Å². The number of hydrogen-bond acceptors (Lipinski definition) is 1. The number of rotatable bonds is 0. The predicted molar refractivity (Wildman–Crippen MR) is 62.6 cm³/mol. The molecule has 1 aliphatic carbocycles. The van der Waals surface area contributed by atoms with Gasteiger partial charge in [0.15, 0.2) is 0 Å². The lowest BCUT2D eigenvalue weighted by atomic mass is 10.1. The molecular formula is C13H12N2. The lowest BCUT2D eigenvalue weighted by Crippen LogP contribution is -2.22. The van der Waals surface area contributed by atoms with E-state index in [1.807, 2.05) is 12.4 Å². The first kappa shape index (κ1) is 8.48. The Labute approximate surface area is 87.7 Å². The van der Waals surface area contributed by atoms with Gasteiger partial charge in [-0.3, -0.25) is 4.98 Å². The molecule has 3 rings (SSSR count). The van der Waals surface area contributed by atoms with Crippen molar-refractivity contribution in [3.63, 3.8) is 0 Å². The molecule has 0 aliphatic heterocycles. The molecule has 0 amide bonds. The number of nitrogens with one attached hydrogen (secondary N) is 1. The molecule has 0 spiro atoms. The van der Waals surface area contributed by atoms with Gasteiger partial charge in [0.05, 0.1) is 11.7 Å². The largest absolute Gasteiger partial charge is 0.353 e. The van der Waals surface area contributed by atoms with E-state index in [1.165, 1.54) is 16.0 Å². The van der Waals surface area contributed by atoms with Crippen LogP contribution in [0.15, 0.2) is 30.6 Å². The van der Waals surface area contributed by atoms with Crippen LogP contribution in [0.2, 0.25) is 0 Å². The molecular weight excluding hydrogens is 184 g/mol. The maximum Gasteiger partial charge on any atom is 0.0651 e. The van der Waals surface area contributed by atoms with E-state index in [4.69, 9.17) is 0 Å². The van der Waals surface area contributed by atoms with Gasteiger partial charge in [-0.15, -0.1) is 0 Å². The monoisotopic (exact) mass is 196 g/mol. The van der Waals surface area contributed by atoms with E-state index in [1.54, 1.807) is 0 Å². The maximum absolute atomic E-state index is 4.12. The van der Waals surface area contributed by atoms with E-state index in [-0.39, 0.29) is 0 Å². The highest BCUT2D eigenvalue weighted by atomic mass is 14.7. The Morgan fingerprint density at radius 3 is 3.27 bits per heavy atom. The quantitative estimate of drug-likeness (QED) is 0.676. The lowest BCUT2D eigenvalue weighted by Gasteiger charge is -1.93. The molecule has 0 saturated carbocycles. The molecule has 74 valence electrons. The minimum atomic E-state index is 0.481. The topological polar surface area (TPSA) is 28.7 Å². The van der Waals surface area contributed by atoms with Gasteiger partial charge in [0, 0.05) is 22.2 Å². The van der Waals surface area contributed by atoms with Gasteiger partial charge in [-0.1, -0.05) is 25.2 Å². The zero-order chi connectivity index (χ0) is 10.3. The average molecular weight is 196 g/mol. The number of hydrogen-bond donors (Lipinski definition) is 1. The predicted octanol–water partition coefficient (Wildman–Crippen LogP) is 1.33. The number of allylic oxidation sites excluding steroid dienone is 2. The molecule has 2 heteroatoms. The third kappa shape index (κ3) is 1.30. The van der Waals surface area contributed by atoms with Crippen molar-refractivity contribution < 1.29 is 0 Å². The fourth-order valence-electron chi connectivity index (χ4n) is 2.04. The van der Waals surface area contributed by atoms with Crippen molar-refractivity contribution in [1.82, 2.24) is 9.97 Å². The standard InChI is InChI=1S/C13H12N2/c1-9-3-2-4-12-11(7-9)10-5-6-14-8-13(10)15-12/h2-9,15H,1H3. The fraction of sp³-hybridized carbons (Fsp3) is 0.154. The molecule has 2 aromatic rings.